The van der Waals surface area contributed by atoms with E-state index in [1.807, 2.05) is 14.1 Å². The van der Waals surface area contributed by atoms with Gasteiger partial charge in [-0.2, -0.15) is 0 Å². The van der Waals surface area contributed by atoms with Crippen molar-refractivity contribution in [1.29, 1.82) is 0 Å². The van der Waals surface area contributed by atoms with Gasteiger partial charge in [0.15, 0.2) is 0 Å². The van der Waals surface area contributed by atoms with Crippen molar-refractivity contribution in [2.24, 2.45) is 0 Å². The molecule has 0 fully saturated rings. The number of carbonyl (C=O) groups excluding carboxylic acids is 2. The van der Waals surface area contributed by atoms with E-state index in [-0.39, 0.29) is 41.9 Å². The summed E-state index contributed by atoms with van der Waals surface area (Å²) >= 11 is 0. The van der Waals surface area contributed by atoms with Crippen LogP contribution in [0.1, 0.15) is 29.7 Å². The number of nitrogens with one attached hydrogen (secondary N) is 1. The number of amides is 2. The van der Waals surface area contributed by atoms with Crippen LogP contribution >= 0.6 is 0 Å². The number of methoxy groups -OCH3 is 3. The van der Waals surface area contributed by atoms with Crippen LogP contribution < -0.4 is 5.32 Å². The number of hydrogen-bond donors (Lipinski definition) is 1. The van der Waals surface area contributed by atoms with Crippen molar-refractivity contribution >= 4 is 12.2 Å². The lowest BCUT2D eigenvalue weighted by atomic mass is 10.9. The third-order valence-electron chi connectivity index (χ3n) is 1.08. The summed E-state index contributed by atoms with van der Waals surface area (Å²) in [5.41, 5.74) is 0. The maximum absolute atomic E-state index is 10.2. The van der Waals surface area contributed by atoms with E-state index in [0.29, 0.717) is 0 Å². The molecule has 0 aliphatic heterocycles. The van der Waals surface area contributed by atoms with Gasteiger partial charge < -0.3 is 29.3 Å². The molecule has 0 rings (SSSR count). The molecule has 0 aromatic carbocycles. The average Bonchev–Trinajstić information content (AvgIpc) is 2.39. The summed E-state index contributed by atoms with van der Waals surface area (Å²) < 4.78 is 12.8. The molecule has 156 valence electrons. The fourth-order valence-electron chi connectivity index (χ4n) is 0.365. The van der Waals surface area contributed by atoms with Crippen molar-refractivity contribution in [3.05, 3.63) is 0 Å². The minimum absolute atomic E-state index is 0. The van der Waals surface area contributed by atoms with E-state index < -0.39 is 0 Å². The average molecular weight is 362 g/mol. The minimum atomic E-state index is -0.319. The van der Waals surface area contributed by atoms with Crippen LogP contribution in [0.5, 0.6) is 0 Å². The van der Waals surface area contributed by atoms with Gasteiger partial charge in [-0.05, 0) is 14.1 Å². The van der Waals surface area contributed by atoms with Gasteiger partial charge in [-0.25, -0.2) is 9.59 Å². The Labute approximate surface area is 152 Å². The van der Waals surface area contributed by atoms with Gasteiger partial charge in [0, 0.05) is 42.4 Å². The molecule has 8 heteroatoms. The first-order chi connectivity index (χ1) is 9.19. The zero-order valence-corrected chi connectivity index (χ0v) is 14.4. The summed E-state index contributed by atoms with van der Waals surface area (Å²) in [6.07, 6.45) is -0.639. The van der Waals surface area contributed by atoms with Crippen LogP contribution in [0.4, 0.5) is 9.59 Å². The Hall–Kier alpha value is -1.54. The Morgan fingerprint density at radius 1 is 0.667 bits per heavy atom. The molecule has 0 aromatic heterocycles. The van der Waals surface area contributed by atoms with E-state index in [0.717, 1.165) is 0 Å². The van der Waals surface area contributed by atoms with Gasteiger partial charge in [-0.15, -0.1) is 0 Å². The highest BCUT2D eigenvalue weighted by atomic mass is 16.5. The maximum atomic E-state index is 10.2. The first kappa shape index (κ1) is 49.5. The molecule has 0 heterocycles. The zero-order chi connectivity index (χ0) is 17.1. The molecule has 0 radical (unpaired) electrons. The highest BCUT2D eigenvalue weighted by Crippen LogP contribution is 1.79. The van der Waals surface area contributed by atoms with E-state index >= 15 is 0 Å². The number of rotatable bonds is 0. The summed E-state index contributed by atoms with van der Waals surface area (Å²) in [7, 11) is 16.2. The van der Waals surface area contributed by atoms with Gasteiger partial charge >= 0.3 is 12.2 Å². The van der Waals surface area contributed by atoms with E-state index in [1.54, 1.807) is 42.4 Å². The van der Waals surface area contributed by atoms with Gasteiger partial charge in [0.05, 0.1) is 14.2 Å². The van der Waals surface area contributed by atoms with E-state index in [9.17, 15) is 9.59 Å². The first-order valence-corrected chi connectivity index (χ1v) is 5.69. The maximum Gasteiger partial charge on any atom is 0.408 e. The van der Waals surface area contributed by atoms with Crippen LogP contribution in [0.25, 0.3) is 0 Å². The lowest BCUT2D eigenvalue weighted by Gasteiger charge is -2.05. The van der Waals surface area contributed by atoms with Crippen molar-refractivity contribution in [1.82, 2.24) is 15.1 Å². The summed E-state index contributed by atoms with van der Waals surface area (Å²) in [4.78, 5) is 23.2. The molecule has 8 nitrogen and oxygen atoms in total. The molecule has 2 amide bonds. The molecule has 1 N–H and O–H groups in total. The van der Waals surface area contributed by atoms with Gasteiger partial charge in [0.2, 0.25) is 0 Å². The normalized spacial score (nSPS) is 6.08. The summed E-state index contributed by atoms with van der Waals surface area (Å²) in [5, 5.41) is 2.75. The highest BCUT2D eigenvalue weighted by Gasteiger charge is 1.97. The third-order valence-corrected chi connectivity index (χ3v) is 1.08. The largest absolute Gasteiger partial charge is 0.453 e. The molecular formula is C16H47N3O5. The van der Waals surface area contributed by atoms with Crippen molar-refractivity contribution < 1.29 is 23.8 Å². The van der Waals surface area contributed by atoms with Crippen LogP contribution in [-0.2, 0) is 14.2 Å². The summed E-state index contributed by atoms with van der Waals surface area (Å²) in [6.45, 7) is 0. The number of ether oxygens (including phenoxy) is 3. The minimum Gasteiger partial charge on any atom is -0.453 e. The molecule has 0 saturated heterocycles. The molecule has 0 spiro atoms. The quantitative estimate of drug-likeness (QED) is 0.713. The van der Waals surface area contributed by atoms with E-state index in [2.05, 4.69) is 19.5 Å². The van der Waals surface area contributed by atoms with Crippen molar-refractivity contribution in [3.63, 3.8) is 0 Å². The van der Waals surface area contributed by atoms with Gasteiger partial charge in [0.25, 0.3) is 0 Å². The molecule has 0 aliphatic rings. The van der Waals surface area contributed by atoms with Crippen molar-refractivity contribution in [2.75, 3.05) is 70.7 Å². The Bertz CT molecular complexity index is 192. The number of carbonyl (C=O) groups is 2. The van der Waals surface area contributed by atoms with Crippen LogP contribution in [-0.4, -0.2) is 92.7 Å². The second kappa shape index (κ2) is 43.0. The van der Waals surface area contributed by atoms with Gasteiger partial charge in [0.1, 0.15) is 0 Å². The smallest absolute Gasteiger partial charge is 0.408 e. The predicted molar refractivity (Wildman–Crippen MR) is 107 cm³/mol. The summed E-state index contributed by atoms with van der Waals surface area (Å²) in [6, 6.07) is 0. The van der Waals surface area contributed by atoms with Crippen molar-refractivity contribution in [2.45, 2.75) is 29.7 Å². The zero-order valence-electron chi connectivity index (χ0n) is 14.4. The monoisotopic (exact) mass is 361 g/mol. The van der Waals surface area contributed by atoms with Gasteiger partial charge in [-0.1, -0.05) is 29.7 Å². The Morgan fingerprint density at radius 3 is 0.792 bits per heavy atom. The lowest BCUT2D eigenvalue weighted by Crippen LogP contribution is -2.20. The molecule has 0 aromatic rings. The van der Waals surface area contributed by atoms with E-state index in [4.69, 9.17) is 0 Å². The third kappa shape index (κ3) is 70.8. The topological polar surface area (TPSA) is 80.3 Å². The molecule has 0 unspecified atom stereocenters. The number of hydrogen-bond acceptors (Lipinski definition) is 6. The lowest BCUT2D eigenvalue weighted by molar-refractivity contribution is 0.141. The molecule has 0 aliphatic carbocycles. The predicted octanol–water partition coefficient (Wildman–Crippen LogP) is 3.27. The fourth-order valence-corrected chi connectivity index (χ4v) is 0.365. The molecule has 24 heavy (non-hydrogen) atoms. The Kier molecular flexibility index (Phi) is 88.6. The van der Waals surface area contributed by atoms with Crippen LogP contribution in [0.2, 0.25) is 0 Å². The van der Waals surface area contributed by atoms with Crippen molar-refractivity contribution in [3.8, 4) is 0 Å². The second-order valence-corrected chi connectivity index (χ2v) is 3.64. The highest BCUT2D eigenvalue weighted by molar-refractivity contribution is 5.66. The Morgan fingerprint density at radius 2 is 0.792 bits per heavy atom. The summed E-state index contributed by atoms with van der Waals surface area (Å²) in [5.74, 6) is 0. The Balaban J connectivity index is -0.0000000239. The second-order valence-electron chi connectivity index (χ2n) is 3.64. The van der Waals surface area contributed by atoms with Crippen LogP contribution in [0.3, 0.4) is 0 Å². The van der Waals surface area contributed by atoms with Crippen LogP contribution in [0, 0.1) is 0 Å². The van der Waals surface area contributed by atoms with Gasteiger partial charge in [-0.3, -0.25) is 0 Å². The molecular weight excluding hydrogens is 314 g/mol. The first-order valence-electron chi connectivity index (χ1n) is 5.69. The molecule has 0 saturated carbocycles. The fraction of sp³-hybridized carbons (Fsp3) is 0.875. The number of nitrogens with zero attached hydrogens (tertiary/aromatic N) is 2. The standard InChI is InChI=1S/2C4H9NO2.C2H7N.C2H6O.4CH4/c2*1-5(2)4(6)7-3;2*1-3-2;;;;/h2*1-3H3;3H,1-2H3;1-2H3;4*1H4. The van der Waals surface area contributed by atoms with E-state index in [1.165, 1.54) is 24.0 Å². The SMILES string of the molecule is C.C.C.C.CNC.COC.COC(=O)N(C)C.COC(=O)N(C)C. The van der Waals surface area contributed by atoms with Crippen LogP contribution in [0.15, 0.2) is 0 Å². The molecule has 0 bridgehead atoms. The molecule has 0 atom stereocenters.